The third-order valence-corrected chi connectivity index (χ3v) is 5.98. The highest BCUT2D eigenvalue weighted by Gasteiger charge is 2.36. The van der Waals surface area contributed by atoms with Crippen molar-refractivity contribution in [2.45, 2.75) is 39.2 Å². The number of nitrogens with one attached hydrogen (secondary N) is 2. The Bertz CT molecular complexity index is 988. The Morgan fingerprint density at radius 2 is 1.64 bits per heavy atom. The van der Waals surface area contributed by atoms with Gasteiger partial charge in [-0.25, -0.2) is 0 Å². The van der Waals surface area contributed by atoms with Gasteiger partial charge in [0.1, 0.15) is 0 Å². The van der Waals surface area contributed by atoms with E-state index in [0.717, 1.165) is 11.1 Å². The van der Waals surface area contributed by atoms with Crippen LogP contribution in [-0.4, -0.2) is 48.0 Å². The molecular formula is C26H31N3O4. The van der Waals surface area contributed by atoms with Gasteiger partial charge < -0.3 is 15.5 Å². The summed E-state index contributed by atoms with van der Waals surface area (Å²) in [6.07, 6.45) is 0.432. The van der Waals surface area contributed by atoms with Crippen LogP contribution in [0, 0.1) is 12.8 Å². The second-order valence-electron chi connectivity index (χ2n) is 8.46. The Morgan fingerprint density at radius 1 is 0.970 bits per heavy atom. The maximum absolute atomic E-state index is 12.5. The van der Waals surface area contributed by atoms with Gasteiger partial charge in [0.15, 0.2) is 5.78 Å². The summed E-state index contributed by atoms with van der Waals surface area (Å²) in [6.45, 7) is 4.84. The average molecular weight is 450 g/mol. The summed E-state index contributed by atoms with van der Waals surface area (Å²) in [6, 6.07) is 16.9. The van der Waals surface area contributed by atoms with Crippen molar-refractivity contribution in [2.75, 3.05) is 19.6 Å². The lowest BCUT2D eigenvalue weighted by Crippen LogP contribution is -2.38. The molecule has 1 saturated heterocycles. The van der Waals surface area contributed by atoms with Crippen molar-refractivity contribution in [3.05, 3.63) is 71.3 Å². The molecule has 2 N–H and O–H groups in total. The highest BCUT2D eigenvalue weighted by atomic mass is 16.2. The van der Waals surface area contributed by atoms with Gasteiger partial charge in [-0.05, 0) is 19.4 Å². The highest BCUT2D eigenvalue weighted by molar-refractivity contribution is 5.98. The molecule has 1 fully saturated rings. The molecule has 0 saturated carbocycles. The Hall–Kier alpha value is -3.48. The van der Waals surface area contributed by atoms with Crippen LogP contribution < -0.4 is 10.6 Å². The lowest BCUT2D eigenvalue weighted by Gasteiger charge is -2.25. The summed E-state index contributed by atoms with van der Waals surface area (Å²) in [4.78, 5) is 50.8. The third kappa shape index (κ3) is 6.75. The molecule has 7 nitrogen and oxygen atoms in total. The maximum Gasteiger partial charge on any atom is 0.225 e. The van der Waals surface area contributed by atoms with Gasteiger partial charge in [-0.2, -0.15) is 0 Å². The number of likely N-dealkylation sites (tertiary alicyclic amines) is 1. The SMILES string of the molecule is Cc1ccc(C(=O)CCC(=O)NCCNC(=O)C2CC(=O)N(C(C)c3ccccc3)C2)cc1. The van der Waals surface area contributed by atoms with Gasteiger partial charge in [-0.15, -0.1) is 0 Å². The van der Waals surface area contributed by atoms with Gasteiger partial charge >= 0.3 is 0 Å². The first kappa shape index (κ1) is 24.2. The topological polar surface area (TPSA) is 95.6 Å². The van der Waals surface area contributed by atoms with Crippen LogP contribution in [0.1, 0.15) is 53.7 Å². The molecule has 3 amide bonds. The van der Waals surface area contributed by atoms with Crippen molar-refractivity contribution in [2.24, 2.45) is 5.92 Å². The predicted molar refractivity (Wildman–Crippen MR) is 125 cm³/mol. The standard InChI is InChI=1S/C26H31N3O4/c1-18-8-10-21(11-9-18)23(30)12-13-24(31)27-14-15-28-26(33)22-16-25(32)29(17-22)19(2)20-6-4-3-5-7-20/h3-11,19,22H,12-17H2,1-2H3,(H,27,31)(H,28,33). The summed E-state index contributed by atoms with van der Waals surface area (Å²) < 4.78 is 0. The number of carbonyl (C=O) groups is 4. The first-order valence-corrected chi connectivity index (χ1v) is 11.3. The van der Waals surface area contributed by atoms with Crippen LogP contribution in [0.5, 0.6) is 0 Å². The Labute approximate surface area is 194 Å². The molecule has 1 aliphatic heterocycles. The molecule has 0 spiro atoms. The molecule has 2 unspecified atom stereocenters. The van der Waals surface area contributed by atoms with Gasteiger partial charge in [-0.3, -0.25) is 19.2 Å². The van der Waals surface area contributed by atoms with E-state index >= 15 is 0 Å². The molecule has 2 aromatic carbocycles. The van der Waals surface area contributed by atoms with Crippen molar-refractivity contribution >= 4 is 23.5 Å². The van der Waals surface area contributed by atoms with E-state index in [1.165, 1.54) is 0 Å². The van der Waals surface area contributed by atoms with Crippen molar-refractivity contribution in [1.29, 1.82) is 0 Å². The number of hydrogen-bond acceptors (Lipinski definition) is 4. The van der Waals surface area contributed by atoms with Crippen molar-refractivity contribution in [1.82, 2.24) is 15.5 Å². The quantitative estimate of drug-likeness (QED) is 0.431. The molecule has 174 valence electrons. The van der Waals surface area contributed by atoms with Gasteiger partial charge in [0.05, 0.1) is 12.0 Å². The van der Waals surface area contributed by atoms with Gasteiger partial charge in [-0.1, -0.05) is 60.2 Å². The molecule has 1 aliphatic rings. The van der Waals surface area contributed by atoms with E-state index in [9.17, 15) is 19.2 Å². The second-order valence-corrected chi connectivity index (χ2v) is 8.46. The number of aryl methyl sites for hydroxylation is 1. The molecule has 2 aromatic rings. The number of nitrogens with zero attached hydrogens (tertiary/aromatic N) is 1. The molecule has 0 aliphatic carbocycles. The number of ketones is 1. The molecule has 7 heteroatoms. The molecule has 1 heterocycles. The van der Waals surface area contributed by atoms with Crippen molar-refractivity contribution < 1.29 is 19.2 Å². The van der Waals surface area contributed by atoms with Gasteiger partial charge in [0.2, 0.25) is 17.7 Å². The minimum atomic E-state index is -0.397. The number of benzene rings is 2. The normalized spacial score (nSPS) is 16.4. The van der Waals surface area contributed by atoms with E-state index in [1.807, 2.05) is 56.3 Å². The van der Waals surface area contributed by atoms with Crippen LogP contribution in [-0.2, 0) is 14.4 Å². The number of hydrogen-bond donors (Lipinski definition) is 2. The Balaban J connectivity index is 1.34. The zero-order valence-electron chi connectivity index (χ0n) is 19.2. The lowest BCUT2D eigenvalue weighted by molar-refractivity contribution is -0.130. The molecule has 2 atom stereocenters. The van der Waals surface area contributed by atoms with Crippen LogP contribution in [0.2, 0.25) is 0 Å². The zero-order valence-corrected chi connectivity index (χ0v) is 19.2. The minimum Gasteiger partial charge on any atom is -0.354 e. The second kappa shape index (κ2) is 11.4. The smallest absolute Gasteiger partial charge is 0.225 e. The Kier molecular flexibility index (Phi) is 8.35. The monoisotopic (exact) mass is 449 g/mol. The molecule has 0 bridgehead atoms. The van der Waals surface area contributed by atoms with E-state index in [1.54, 1.807) is 17.0 Å². The largest absolute Gasteiger partial charge is 0.354 e. The fourth-order valence-electron chi connectivity index (χ4n) is 3.92. The summed E-state index contributed by atoms with van der Waals surface area (Å²) in [5.74, 6) is -0.915. The fraction of sp³-hybridized carbons (Fsp3) is 0.385. The fourth-order valence-corrected chi connectivity index (χ4v) is 3.92. The first-order chi connectivity index (χ1) is 15.8. The molecule has 0 aromatic heterocycles. The first-order valence-electron chi connectivity index (χ1n) is 11.3. The summed E-state index contributed by atoms with van der Waals surface area (Å²) >= 11 is 0. The van der Waals surface area contributed by atoms with Crippen LogP contribution in [0.4, 0.5) is 0 Å². The number of carbonyl (C=O) groups excluding carboxylic acids is 4. The maximum atomic E-state index is 12.5. The average Bonchev–Trinajstić information content (AvgIpc) is 3.22. The van der Waals surface area contributed by atoms with E-state index in [2.05, 4.69) is 10.6 Å². The third-order valence-electron chi connectivity index (χ3n) is 5.98. The van der Waals surface area contributed by atoms with E-state index < -0.39 is 5.92 Å². The summed E-state index contributed by atoms with van der Waals surface area (Å²) in [5.41, 5.74) is 2.71. The number of amides is 3. The summed E-state index contributed by atoms with van der Waals surface area (Å²) in [5, 5.41) is 5.51. The van der Waals surface area contributed by atoms with Gasteiger partial charge in [0, 0.05) is 44.5 Å². The lowest BCUT2D eigenvalue weighted by atomic mass is 10.1. The van der Waals surface area contributed by atoms with Crippen LogP contribution in [0.15, 0.2) is 54.6 Å². The predicted octanol–water partition coefficient (Wildman–Crippen LogP) is 2.80. The van der Waals surface area contributed by atoms with Crippen LogP contribution in [0.3, 0.4) is 0 Å². The van der Waals surface area contributed by atoms with Crippen LogP contribution in [0.25, 0.3) is 0 Å². The van der Waals surface area contributed by atoms with E-state index in [0.29, 0.717) is 12.1 Å². The highest BCUT2D eigenvalue weighted by Crippen LogP contribution is 2.28. The van der Waals surface area contributed by atoms with Gasteiger partial charge in [0.25, 0.3) is 0 Å². The molecule has 33 heavy (non-hydrogen) atoms. The van der Waals surface area contributed by atoms with E-state index in [-0.39, 0.29) is 61.9 Å². The minimum absolute atomic E-state index is 0.0296. The number of Topliss-reactive ketones (excluding diaryl/α,β-unsaturated/α-hetero) is 1. The Morgan fingerprint density at radius 3 is 2.33 bits per heavy atom. The van der Waals surface area contributed by atoms with E-state index in [4.69, 9.17) is 0 Å². The number of rotatable bonds is 10. The molecular weight excluding hydrogens is 418 g/mol. The summed E-state index contributed by atoms with van der Waals surface area (Å²) in [7, 11) is 0. The van der Waals surface area contributed by atoms with Crippen molar-refractivity contribution in [3.63, 3.8) is 0 Å². The molecule has 0 radical (unpaired) electrons. The zero-order chi connectivity index (χ0) is 23.8. The molecule has 3 rings (SSSR count). The van der Waals surface area contributed by atoms with Crippen molar-refractivity contribution in [3.8, 4) is 0 Å². The van der Waals surface area contributed by atoms with Crippen LogP contribution >= 0.6 is 0 Å².